The van der Waals surface area contributed by atoms with Crippen LogP contribution in [0.1, 0.15) is 42.7 Å². The van der Waals surface area contributed by atoms with Gasteiger partial charge in [-0.05, 0) is 56.9 Å². The maximum Gasteiger partial charge on any atom is 0.263 e. The van der Waals surface area contributed by atoms with Crippen LogP contribution in [0.2, 0.25) is 0 Å². The quantitative estimate of drug-likeness (QED) is 0.341. The zero-order valence-electron chi connectivity index (χ0n) is 19.4. The summed E-state index contributed by atoms with van der Waals surface area (Å²) in [6, 6.07) is 7.83. The Morgan fingerprint density at radius 3 is 2.66 bits per heavy atom. The monoisotopic (exact) mass is 473 g/mol. The predicted molar refractivity (Wildman–Crippen MR) is 133 cm³/mol. The number of rotatable bonds is 10. The topological polar surface area (TPSA) is 73.2 Å². The molecular formula is C24H31N3O3S2. The summed E-state index contributed by atoms with van der Waals surface area (Å²) < 4.78 is 6.92. The second-order valence-corrected chi connectivity index (χ2v) is 10.3. The number of nitrogens with one attached hydrogen (secondary N) is 1. The largest absolute Gasteiger partial charge is 0.497 e. The van der Waals surface area contributed by atoms with Crippen molar-refractivity contribution in [3.63, 3.8) is 0 Å². The third-order valence-corrected chi connectivity index (χ3v) is 7.70. The van der Waals surface area contributed by atoms with Gasteiger partial charge in [-0.3, -0.25) is 14.2 Å². The second-order valence-electron chi connectivity index (χ2n) is 7.82. The lowest BCUT2D eigenvalue weighted by atomic mass is 10.1. The number of aromatic nitrogens is 2. The SMILES string of the molecule is CCCCn1c(SC(C)C(=O)NCCc2ccc(OC)cc2)nc2sc(C)c(C)c2c1=O. The average Bonchev–Trinajstić information content (AvgIpc) is 3.07. The maximum absolute atomic E-state index is 13.2. The van der Waals surface area contributed by atoms with Gasteiger partial charge >= 0.3 is 0 Å². The van der Waals surface area contributed by atoms with Gasteiger partial charge in [0, 0.05) is 18.0 Å². The fourth-order valence-electron chi connectivity index (χ4n) is 3.39. The van der Waals surface area contributed by atoms with Crippen molar-refractivity contribution in [2.24, 2.45) is 0 Å². The van der Waals surface area contributed by atoms with Crippen molar-refractivity contribution in [3.8, 4) is 5.75 Å². The standard InChI is InChI=1S/C24H31N3O3S2/c1-6-7-14-27-23(29)20-15(2)16(3)31-22(20)26-24(27)32-17(4)21(28)25-13-12-18-8-10-19(30-5)11-9-18/h8-11,17H,6-7,12-14H2,1-5H3,(H,25,28). The van der Waals surface area contributed by atoms with Gasteiger partial charge in [0.1, 0.15) is 10.6 Å². The van der Waals surface area contributed by atoms with Gasteiger partial charge in [-0.25, -0.2) is 4.98 Å². The number of hydrogen-bond acceptors (Lipinski definition) is 6. The molecule has 172 valence electrons. The Morgan fingerprint density at radius 1 is 1.28 bits per heavy atom. The van der Waals surface area contributed by atoms with Crippen LogP contribution in [0, 0.1) is 13.8 Å². The molecule has 0 saturated carbocycles. The Balaban J connectivity index is 1.70. The van der Waals surface area contributed by atoms with Crippen molar-refractivity contribution in [1.82, 2.24) is 14.9 Å². The van der Waals surface area contributed by atoms with Gasteiger partial charge < -0.3 is 10.1 Å². The molecule has 2 aromatic heterocycles. The number of methoxy groups -OCH3 is 1. The second kappa shape index (κ2) is 11.0. The number of hydrogen-bond donors (Lipinski definition) is 1. The number of ether oxygens (including phenoxy) is 1. The number of fused-ring (bicyclic) bond motifs is 1. The van der Waals surface area contributed by atoms with Gasteiger partial charge in [0.15, 0.2) is 5.16 Å². The minimum atomic E-state index is -0.356. The fraction of sp³-hybridized carbons (Fsp3) is 0.458. The summed E-state index contributed by atoms with van der Waals surface area (Å²) in [7, 11) is 1.64. The van der Waals surface area contributed by atoms with Gasteiger partial charge in [-0.2, -0.15) is 0 Å². The summed E-state index contributed by atoms with van der Waals surface area (Å²) in [5.41, 5.74) is 2.14. The first-order chi connectivity index (χ1) is 15.3. The molecule has 0 spiro atoms. The molecule has 3 rings (SSSR count). The zero-order valence-corrected chi connectivity index (χ0v) is 21.0. The lowest BCUT2D eigenvalue weighted by Crippen LogP contribution is -2.33. The molecule has 0 radical (unpaired) electrons. The molecule has 0 saturated heterocycles. The van der Waals surface area contributed by atoms with Crippen LogP contribution < -0.4 is 15.6 Å². The number of carbonyl (C=O) groups excluding carboxylic acids is 1. The fourth-order valence-corrected chi connectivity index (χ4v) is 5.42. The Bertz CT molecular complexity index is 1140. The van der Waals surface area contributed by atoms with E-state index in [1.807, 2.05) is 45.0 Å². The first-order valence-corrected chi connectivity index (χ1v) is 12.6. The van der Waals surface area contributed by atoms with E-state index in [1.54, 1.807) is 23.0 Å². The molecule has 0 aliphatic heterocycles. The van der Waals surface area contributed by atoms with Crippen LogP contribution in [0.15, 0.2) is 34.2 Å². The molecule has 6 nitrogen and oxygen atoms in total. The van der Waals surface area contributed by atoms with E-state index in [4.69, 9.17) is 9.72 Å². The van der Waals surface area contributed by atoms with Crippen LogP contribution in [0.25, 0.3) is 10.2 Å². The van der Waals surface area contributed by atoms with Crippen molar-refractivity contribution >= 4 is 39.2 Å². The van der Waals surface area contributed by atoms with Gasteiger partial charge in [-0.15, -0.1) is 11.3 Å². The van der Waals surface area contributed by atoms with Gasteiger partial charge in [0.2, 0.25) is 5.91 Å². The molecular weight excluding hydrogens is 442 g/mol. The number of unbranched alkanes of at least 4 members (excludes halogenated alkanes) is 1. The zero-order chi connectivity index (χ0) is 23.3. The Kier molecular flexibility index (Phi) is 8.37. The minimum absolute atomic E-state index is 0.0000797. The number of nitrogens with zero attached hydrogens (tertiary/aromatic N) is 2. The first-order valence-electron chi connectivity index (χ1n) is 10.9. The minimum Gasteiger partial charge on any atom is -0.497 e. The van der Waals surface area contributed by atoms with Crippen LogP contribution in [0.5, 0.6) is 5.75 Å². The highest BCUT2D eigenvalue weighted by atomic mass is 32.2. The molecule has 1 N–H and O–H groups in total. The number of thiophene rings is 1. The van der Waals surface area contributed by atoms with Crippen molar-refractivity contribution in [2.75, 3.05) is 13.7 Å². The van der Waals surface area contributed by atoms with Crippen LogP contribution >= 0.6 is 23.1 Å². The molecule has 1 amide bonds. The average molecular weight is 474 g/mol. The van der Waals surface area contributed by atoms with Crippen LogP contribution in [0.3, 0.4) is 0 Å². The molecule has 0 aliphatic carbocycles. The number of benzene rings is 1. The van der Waals surface area contributed by atoms with Gasteiger partial charge in [-0.1, -0.05) is 37.2 Å². The highest BCUT2D eigenvalue weighted by Crippen LogP contribution is 2.29. The summed E-state index contributed by atoms with van der Waals surface area (Å²) >= 11 is 2.90. The molecule has 2 heterocycles. The third kappa shape index (κ3) is 5.53. The summed E-state index contributed by atoms with van der Waals surface area (Å²) in [6.45, 7) is 9.12. The maximum atomic E-state index is 13.2. The Morgan fingerprint density at radius 2 is 2.00 bits per heavy atom. The van der Waals surface area contributed by atoms with Crippen LogP contribution in [-0.4, -0.2) is 34.4 Å². The lowest BCUT2D eigenvalue weighted by molar-refractivity contribution is -0.120. The van der Waals surface area contributed by atoms with E-state index in [0.717, 1.165) is 45.8 Å². The summed E-state index contributed by atoms with van der Waals surface area (Å²) in [5, 5.41) is 3.98. The lowest BCUT2D eigenvalue weighted by Gasteiger charge is -2.16. The molecule has 0 fully saturated rings. The smallest absolute Gasteiger partial charge is 0.263 e. The summed E-state index contributed by atoms with van der Waals surface area (Å²) in [4.78, 5) is 32.6. The molecule has 0 aliphatic rings. The molecule has 8 heteroatoms. The number of amides is 1. The number of aryl methyl sites for hydroxylation is 2. The van der Waals surface area contributed by atoms with Crippen molar-refractivity contribution in [2.45, 2.75) is 63.9 Å². The van der Waals surface area contributed by atoms with Crippen LogP contribution in [-0.2, 0) is 17.8 Å². The normalized spacial score (nSPS) is 12.2. The van der Waals surface area contributed by atoms with Crippen LogP contribution in [0.4, 0.5) is 0 Å². The van der Waals surface area contributed by atoms with E-state index in [-0.39, 0.29) is 16.7 Å². The van der Waals surface area contributed by atoms with E-state index < -0.39 is 0 Å². The molecule has 1 aromatic carbocycles. The van der Waals surface area contributed by atoms with E-state index in [2.05, 4.69) is 12.2 Å². The molecule has 1 unspecified atom stereocenters. The molecule has 3 aromatic rings. The van der Waals surface area contributed by atoms with Crippen molar-refractivity contribution in [1.29, 1.82) is 0 Å². The van der Waals surface area contributed by atoms with E-state index in [1.165, 1.54) is 11.8 Å². The van der Waals surface area contributed by atoms with E-state index in [0.29, 0.717) is 23.6 Å². The van der Waals surface area contributed by atoms with E-state index >= 15 is 0 Å². The molecule has 0 bridgehead atoms. The number of thioether (sulfide) groups is 1. The first kappa shape index (κ1) is 24.3. The van der Waals surface area contributed by atoms with Gasteiger partial charge in [0.25, 0.3) is 5.56 Å². The summed E-state index contributed by atoms with van der Waals surface area (Å²) in [5.74, 6) is 0.760. The highest BCUT2D eigenvalue weighted by molar-refractivity contribution is 8.00. The van der Waals surface area contributed by atoms with Crippen molar-refractivity contribution < 1.29 is 9.53 Å². The highest BCUT2D eigenvalue weighted by Gasteiger charge is 2.21. The predicted octanol–water partition coefficient (Wildman–Crippen LogP) is 4.72. The van der Waals surface area contributed by atoms with E-state index in [9.17, 15) is 9.59 Å². The summed E-state index contributed by atoms with van der Waals surface area (Å²) in [6.07, 6.45) is 2.62. The van der Waals surface area contributed by atoms with Crippen molar-refractivity contribution in [3.05, 3.63) is 50.6 Å². The Labute approximate surface area is 197 Å². The Hall–Kier alpha value is -2.32. The number of carbonyl (C=O) groups is 1. The molecule has 1 atom stereocenters. The van der Waals surface area contributed by atoms with Gasteiger partial charge in [0.05, 0.1) is 17.7 Å². The third-order valence-electron chi connectivity index (χ3n) is 5.51. The molecule has 32 heavy (non-hydrogen) atoms.